The number of aromatic nitrogens is 3. The maximum Gasteiger partial charge on any atom is 0.223 e. The first kappa shape index (κ1) is 14.7. The molecule has 2 aromatic rings. The molecule has 2 aromatic heterocycles. The summed E-state index contributed by atoms with van der Waals surface area (Å²) in [4.78, 5) is 12.8. The highest BCUT2D eigenvalue weighted by atomic mass is 16.5. The average Bonchev–Trinajstić information content (AvgIpc) is 2.54. The summed E-state index contributed by atoms with van der Waals surface area (Å²) in [5.74, 6) is 1.29. The Morgan fingerprint density at radius 1 is 1.23 bits per heavy atom. The molecule has 1 fully saturated rings. The molecule has 0 aliphatic carbocycles. The summed E-state index contributed by atoms with van der Waals surface area (Å²) in [6, 6.07) is 5.79. The van der Waals surface area contributed by atoms with Gasteiger partial charge in [-0.1, -0.05) is 0 Å². The van der Waals surface area contributed by atoms with Gasteiger partial charge in [0.25, 0.3) is 0 Å². The fourth-order valence-corrected chi connectivity index (χ4v) is 2.30. The van der Waals surface area contributed by atoms with Crippen LogP contribution in [-0.4, -0.2) is 34.3 Å². The second kappa shape index (κ2) is 7.17. The number of aryl methyl sites for hydroxylation is 1. The average molecular weight is 300 g/mol. The highest BCUT2D eigenvalue weighted by Gasteiger charge is 2.15. The van der Waals surface area contributed by atoms with Crippen molar-refractivity contribution in [2.24, 2.45) is 0 Å². The number of nitrogens with one attached hydrogen (secondary N) is 1. The highest BCUT2D eigenvalue weighted by molar-refractivity contribution is 5.29. The maximum absolute atomic E-state index is 5.92. The molecule has 0 radical (unpaired) electrons. The summed E-state index contributed by atoms with van der Waals surface area (Å²) in [5, 5.41) is 3.21. The summed E-state index contributed by atoms with van der Waals surface area (Å²) < 4.78 is 11.3. The van der Waals surface area contributed by atoms with Gasteiger partial charge in [-0.2, -0.15) is 0 Å². The first-order chi connectivity index (χ1) is 10.8. The number of anilines is 1. The van der Waals surface area contributed by atoms with E-state index in [2.05, 4.69) is 20.3 Å². The van der Waals surface area contributed by atoms with Gasteiger partial charge >= 0.3 is 0 Å². The van der Waals surface area contributed by atoms with E-state index >= 15 is 0 Å². The number of rotatable bonds is 5. The Balaban J connectivity index is 1.58. The van der Waals surface area contributed by atoms with E-state index in [0.717, 1.165) is 37.3 Å². The Morgan fingerprint density at radius 2 is 2.05 bits per heavy atom. The SMILES string of the molecule is Cc1ccnc(NCc2ccnc(OC3CCOCC3)c2)n1. The lowest BCUT2D eigenvalue weighted by molar-refractivity contribution is 0.0237. The van der Waals surface area contributed by atoms with Crippen LogP contribution < -0.4 is 10.1 Å². The van der Waals surface area contributed by atoms with Gasteiger partial charge in [0, 0.05) is 43.5 Å². The molecule has 0 bridgehead atoms. The van der Waals surface area contributed by atoms with Crippen molar-refractivity contribution in [2.45, 2.75) is 32.4 Å². The van der Waals surface area contributed by atoms with Crippen LogP contribution in [0.3, 0.4) is 0 Å². The van der Waals surface area contributed by atoms with Crippen molar-refractivity contribution in [1.29, 1.82) is 0 Å². The zero-order chi connectivity index (χ0) is 15.2. The van der Waals surface area contributed by atoms with Crippen LogP contribution in [0, 0.1) is 6.92 Å². The molecule has 116 valence electrons. The highest BCUT2D eigenvalue weighted by Crippen LogP contribution is 2.17. The first-order valence-electron chi connectivity index (χ1n) is 7.52. The molecule has 0 atom stereocenters. The standard InChI is InChI=1S/C16H20N4O2/c1-12-2-6-18-16(20-12)19-11-13-3-7-17-15(10-13)22-14-4-8-21-9-5-14/h2-3,6-7,10,14H,4-5,8-9,11H2,1H3,(H,18,19,20). The van der Waals surface area contributed by atoms with E-state index < -0.39 is 0 Å². The van der Waals surface area contributed by atoms with Gasteiger partial charge in [-0.05, 0) is 24.6 Å². The number of pyridine rings is 1. The Bertz CT molecular complexity index is 615. The van der Waals surface area contributed by atoms with E-state index in [9.17, 15) is 0 Å². The lowest BCUT2D eigenvalue weighted by Crippen LogP contribution is -2.26. The second-order valence-corrected chi connectivity index (χ2v) is 5.31. The van der Waals surface area contributed by atoms with Crippen LogP contribution in [0.15, 0.2) is 30.6 Å². The van der Waals surface area contributed by atoms with Crippen molar-refractivity contribution < 1.29 is 9.47 Å². The van der Waals surface area contributed by atoms with E-state index in [1.165, 1.54) is 0 Å². The van der Waals surface area contributed by atoms with Crippen LogP contribution >= 0.6 is 0 Å². The first-order valence-corrected chi connectivity index (χ1v) is 7.52. The van der Waals surface area contributed by atoms with Gasteiger partial charge < -0.3 is 14.8 Å². The van der Waals surface area contributed by atoms with Gasteiger partial charge in [0.1, 0.15) is 6.10 Å². The summed E-state index contributed by atoms with van der Waals surface area (Å²) in [7, 11) is 0. The van der Waals surface area contributed by atoms with Crippen LogP contribution in [0.2, 0.25) is 0 Å². The Labute approximate surface area is 129 Å². The zero-order valence-corrected chi connectivity index (χ0v) is 12.7. The van der Waals surface area contributed by atoms with E-state index in [0.29, 0.717) is 18.4 Å². The number of hydrogen-bond acceptors (Lipinski definition) is 6. The van der Waals surface area contributed by atoms with Crippen LogP contribution in [0.25, 0.3) is 0 Å². The monoisotopic (exact) mass is 300 g/mol. The fraction of sp³-hybridized carbons (Fsp3) is 0.438. The molecule has 1 aliphatic rings. The van der Waals surface area contributed by atoms with Crippen LogP contribution in [0.4, 0.5) is 5.95 Å². The zero-order valence-electron chi connectivity index (χ0n) is 12.7. The van der Waals surface area contributed by atoms with Gasteiger partial charge in [-0.25, -0.2) is 15.0 Å². The summed E-state index contributed by atoms with van der Waals surface area (Å²) >= 11 is 0. The molecule has 3 heterocycles. The largest absolute Gasteiger partial charge is 0.474 e. The van der Waals surface area contributed by atoms with Gasteiger partial charge in [0.05, 0.1) is 13.2 Å². The molecular weight excluding hydrogens is 280 g/mol. The van der Waals surface area contributed by atoms with E-state index in [4.69, 9.17) is 9.47 Å². The molecule has 0 amide bonds. The fourth-order valence-electron chi connectivity index (χ4n) is 2.30. The van der Waals surface area contributed by atoms with Crippen molar-refractivity contribution in [1.82, 2.24) is 15.0 Å². The molecule has 0 saturated carbocycles. The minimum atomic E-state index is 0.199. The van der Waals surface area contributed by atoms with Crippen molar-refractivity contribution in [3.8, 4) is 5.88 Å². The summed E-state index contributed by atoms with van der Waals surface area (Å²) in [6.07, 6.45) is 5.55. The lowest BCUT2D eigenvalue weighted by atomic mass is 10.1. The van der Waals surface area contributed by atoms with Gasteiger partial charge in [0.15, 0.2) is 0 Å². The molecule has 0 unspecified atom stereocenters. The topological polar surface area (TPSA) is 69.2 Å². The second-order valence-electron chi connectivity index (χ2n) is 5.31. The molecule has 6 nitrogen and oxygen atoms in total. The van der Waals surface area contributed by atoms with Crippen LogP contribution in [-0.2, 0) is 11.3 Å². The molecule has 22 heavy (non-hydrogen) atoms. The third-order valence-electron chi connectivity index (χ3n) is 3.50. The van der Waals surface area contributed by atoms with Gasteiger partial charge in [-0.15, -0.1) is 0 Å². The molecule has 6 heteroatoms. The molecule has 1 N–H and O–H groups in total. The quantitative estimate of drug-likeness (QED) is 0.914. The van der Waals surface area contributed by atoms with Gasteiger partial charge in [0.2, 0.25) is 11.8 Å². The normalized spacial score (nSPS) is 15.5. The molecule has 3 rings (SSSR count). The molecule has 0 aromatic carbocycles. The van der Waals surface area contributed by atoms with E-state index in [1.807, 2.05) is 25.1 Å². The van der Waals surface area contributed by atoms with E-state index in [1.54, 1.807) is 12.4 Å². The predicted molar refractivity (Wildman–Crippen MR) is 82.8 cm³/mol. The Hall–Kier alpha value is -2.21. The third kappa shape index (κ3) is 4.14. The number of ether oxygens (including phenoxy) is 2. The minimum absolute atomic E-state index is 0.199. The number of hydrogen-bond donors (Lipinski definition) is 1. The molecular formula is C16H20N4O2. The van der Waals surface area contributed by atoms with E-state index in [-0.39, 0.29) is 6.10 Å². The van der Waals surface area contributed by atoms with Crippen molar-refractivity contribution in [2.75, 3.05) is 18.5 Å². The number of nitrogens with zero attached hydrogens (tertiary/aromatic N) is 3. The minimum Gasteiger partial charge on any atom is -0.474 e. The van der Waals surface area contributed by atoms with Crippen molar-refractivity contribution >= 4 is 5.95 Å². The Morgan fingerprint density at radius 3 is 2.86 bits per heavy atom. The summed E-state index contributed by atoms with van der Waals surface area (Å²) in [6.45, 7) is 4.10. The molecule has 0 spiro atoms. The van der Waals surface area contributed by atoms with Crippen molar-refractivity contribution in [3.05, 3.63) is 41.9 Å². The maximum atomic E-state index is 5.92. The lowest BCUT2D eigenvalue weighted by Gasteiger charge is -2.22. The van der Waals surface area contributed by atoms with Crippen molar-refractivity contribution in [3.63, 3.8) is 0 Å². The molecule has 1 aliphatic heterocycles. The van der Waals surface area contributed by atoms with Gasteiger partial charge in [-0.3, -0.25) is 0 Å². The Kier molecular flexibility index (Phi) is 4.80. The van der Waals surface area contributed by atoms with Crippen LogP contribution in [0.1, 0.15) is 24.1 Å². The molecule has 1 saturated heterocycles. The summed E-state index contributed by atoms with van der Waals surface area (Å²) in [5.41, 5.74) is 2.03. The smallest absolute Gasteiger partial charge is 0.223 e. The predicted octanol–water partition coefficient (Wildman–Crippen LogP) is 2.35. The third-order valence-corrected chi connectivity index (χ3v) is 3.50. The van der Waals surface area contributed by atoms with Crippen LogP contribution in [0.5, 0.6) is 5.88 Å².